The molecule has 0 spiro atoms. The Labute approximate surface area is 136 Å². The molecule has 4 atom stereocenters. The third kappa shape index (κ3) is 3.89. The molecule has 1 saturated heterocycles. The molecule has 126 valence electrons. The van der Waals surface area contributed by atoms with Gasteiger partial charge in [0.2, 0.25) is 0 Å². The van der Waals surface area contributed by atoms with Gasteiger partial charge in [-0.05, 0) is 31.8 Å². The summed E-state index contributed by atoms with van der Waals surface area (Å²) in [7, 11) is 0. The number of ketones is 1. The number of rotatable bonds is 5. The van der Waals surface area contributed by atoms with Crippen molar-refractivity contribution in [3.63, 3.8) is 0 Å². The SMILES string of the molecule is C=C1C(=O)O[C@@H]2C[C@H](C)C(CCC(C)=O)=C[C@H](OC(=O)CC)[C@H]12. The molecule has 1 fully saturated rings. The number of hydrogen-bond acceptors (Lipinski definition) is 5. The van der Waals surface area contributed by atoms with Crippen molar-refractivity contribution in [2.24, 2.45) is 11.8 Å². The first kappa shape index (κ1) is 17.4. The van der Waals surface area contributed by atoms with Crippen LogP contribution in [0.25, 0.3) is 0 Å². The zero-order valence-electron chi connectivity index (χ0n) is 14.0. The van der Waals surface area contributed by atoms with Gasteiger partial charge in [-0.25, -0.2) is 4.79 Å². The van der Waals surface area contributed by atoms with Gasteiger partial charge < -0.3 is 14.3 Å². The lowest BCUT2D eigenvalue weighted by atomic mass is 9.89. The molecule has 1 aliphatic carbocycles. The molecule has 5 nitrogen and oxygen atoms in total. The Balaban J connectivity index is 2.30. The van der Waals surface area contributed by atoms with Crippen molar-refractivity contribution in [3.8, 4) is 0 Å². The van der Waals surface area contributed by atoms with Crippen LogP contribution in [0, 0.1) is 11.8 Å². The van der Waals surface area contributed by atoms with E-state index >= 15 is 0 Å². The second-order valence-corrected chi connectivity index (χ2v) is 6.38. The molecule has 23 heavy (non-hydrogen) atoms. The maximum Gasteiger partial charge on any atom is 0.334 e. The van der Waals surface area contributed by atoms with E-state index in [1.54, 1.807) is 13.8 Å². The van der Waals surface area contributed by atoms with Gasteiger partial charge in [0.15, 0.2) is 0 Å². The van der Waals surface area contributed by atoms with E-state index in [-0.39, 0.29) is 36.1 Å². The highest BCUT2D eigenvalue weighted by atomic mass is 16.6. The molecular formula is C18H24O5. The quantitative estimate of drug-likeness (QED) is 0.442. The van der Waals surface area contributed by atoms with Crippen LogP contribution in [-0.2, 0) is 23.9 Å². The normalized spacial score (nSPS) is 30.1. The third-order valence-corrected chi connectivity index (χ3v) is 4.60. The molecule has 0 aromatic rings. The Bertz CT molecular complexity index is 560. The molecule has 0 aromatic carbocycles. The maximum atomic E-state index is 11.8. The van der Waals surface area contributed by atoms with Gasteiger partial charge >= 0.3 is 11.9 Å². The molecule has 1 aliphatic heterocycles. The van der Waals surface area contributed by atoms with Gasteiger partial charge in [0.25, 0.3) is 0 Å². The van der Waals surface area contributed by atoms with Crippen LogP contribution in [0.15, 0.2) is 23.8 Å². The van der Waals surface area contributed by atoms with Crippen LogP contribution in [0.3, 0.4) is 0 Å². The minimum atomic E-state index is -0.557. The number of carbonyl (C=O) groups excluding carboxylic acids is 3. The average molecular weight is 320 g/mol. The predicted molar refractivity (Wildman–Crippen MR) is 84.5 cm³/mol. The van der Waals surface area contributed by atoms with E-state index in [0.717, 1.165) is 5.57 Å². The van der Waals surface area contributed by atoms with Crippen molar-refractivity contribution in [2.75, 3.05) is 0 Å². The maximum absolute atomic E-state index is 11.8. The summed E-state index contributed by atoms with van der Waals surface area (Å²) >= 11 is 0. The summed E-state index contributed by atoms with van der Waals surface area (Å²) in [5.41, 5.74) is 1.44. The van der Waals surface area contributed by atoms with E-state index in [1.165, 1.54) is 0 Å². The zero-order valence-corrected chi connectivity index (χ0v) is 14.0. The van der Waals surface area contributed by atoms with Crippen LogP contribution in [0.5, 0.6) is 0 Å². The van der Waals surface area contributed by atoms with E-state index in [4.69, 9.17) is 9.47 Å². The van der Waals surface area contributed by atoms with Crippen LogP contribution in [-0.4, -0.2) is 29.9 Å². The number of hydrogen-bond donors (Lipinski definition) is 0. The minimum Gasteiger partial charge on any atom is -0.458 e. The summed E-state index contributed by atoms with van der Waals surface area (Å²) in [4.78, 5) is 34.9. The first-order valence-electron chi connectivity index (χ1n) is 8.12. The summed E-state index contributed by atoms with van der Waals surface area (Å²) in [5, 5.41) is 0. The Hall–Kier alpha value is -1.91. The number of fused-ring (bicyclic) bond motifs is 1. The van der Waals surface area contributed by atoms with Crippen LogP contribution in [0.1, 0.15) is 46.5 Å². The molecule has 0 radical (unpaired) electrons. The summed E-state index contributed by atoms with van der Waals surface area (Å²) < 4.78 is 11.0. The lowest BCUT2D eigenvalue weighted by Gasteiger charge is -2.22. The molecule has 0 aromatic heterocycles. The Morgan fingerprint density at radius 3 is 2.74 bits per heavy atom. The van der Waals surface area contributed by atoms with Gasteiger partial charge in [-0.15, -0.1) is 0 Å². The molecule has 0 bridgehead atoms. The van der Waals surface area contributed by atoms with Crippen molar-refractivity contribution in [2.45, 2.75) is 58.7 Å². The molecule has 0 amide bonds. The van der Waals surface area contributed by atoms with Gasteiger partial charge in [-0.2, -0.15) is 0 Å². The van der Waals surface area contributed by atoms with Gasteiger partial charge in [0.1, 0.15) is 18.0 Å². The third-order valence-electron chi connectivity index (χ3n) is 4.60. The van der Waals surface area contributed by atoms with Crippen molar-refractivity contribution < 1.29 is 23.9 Å². The van der Waals surface area contributed by atoms with Crippen LogP contribution < -0.4 is 0 Å². The van der Waals surface area contributed by atoms with E-state index in [2.05, 4.69) is 6.58 Å². The van der Waals surface area contributed by atoms with Crippen molar-refractivity contribution in [3.05, 3.63) is 23.8 Å². The van der Waals surface area contributed by atoms with E-state index in [0.29, 0.717) is 24.8 Å². The summed E-state index contributed by atoms with van der Waals surface area (Å²) in [5.74, 6) is -0.787. The van der Waals surface area contributed by atoms with Gasteiger partial charge in [0, 0.05) is 18.4 Å². The van der Waals surface area contributed by atoms with Crippen LogP contribution >= 0.6 is 0 Å². The lowest BCUT2D eigenvalue weighted by Crippen LogP contribution is -2.31. The number of allylic oxidation sites excluding steroid dienone is 1. The molecule has 5 heteroatoms. The van der Waals surface area contributed by atoms with Crippen LogP contribution in [0.2, 0.25) is 0 Å². The highest BCUT2D eigenvalue weighted by Crippen LogP contribution is 2.40. The summed E-state index contributed by atoms with van der Waals surface area (Å²) in [6, 6.07) is 0. The lowest BCUT2D eigenvalue weighted by molar-refractivity contribution is -0.149. The van der Waals surface area contributed by atoms with Gasteiger partial charge in [-0.1, -0.05) is 26.0 Å². The fraction of sp³-hybridized carbons (Fsp3) is 0.611. The monoisotopic (exact) mass is 320 g/mol. The standard InChI is InChI=1S/C18H24O5/c1-5-16(20)22-15-9-13(7-6-11(3)19)10(2)8-14-17(15)12(4)18(21)23-14/h9-10,14-15,17H,4-8H2,1-3H3/t10-,14+,15-,17+/m0/s1. The van der Waals surface area contributed by atoms with Crippen molar-refractivity contribution in [1.82, 2.24) is 0 Å². The molecule has 0 N–H and O–H groups in total. The van der Waals surface area contributed by atoms with Crippen molar-refractivity contribution >= 4 is 17.7 Å². The second-order valence-electron chi connectivity index (χ2n) is 6.38. The topological polar surface area (TPSA) is 69.7 Å². The van der Waals surface area contributed by atoms with E-state index < -0.39 is 12.1 Å². The molecule has 2 aliphatic rings. The van der Waals surface area contributed by atoms with Crippen LogP contribution in [0.4, 0.5) is 0 Å². The first-order valence-corrected chi connectivity index (χ1v) is 8.12. The fourth-order valence-corrected chi connectivity index (χ4v) is 3.22. The number of carbonyl (C=O) groups is 3. The highest BCUT2D eigenvalue weighted by molar-refractivity contribution is 5.91. The summed E-state index contributed by atoms with van der Waals surface area (Å²) in [6.07, 6.45) is 3.03. The fourth-order valence-electron chi connectivity index (χ4n) is 3.22. The number of Topliss-reactive ketones (excluding diaryl/α,β-unsaturated/α-hetero) is 1. The van der Waals surface area contributed by atoms with E-state index in [1.807, 2.05) is 13.0 Å². The van der Waals surface area contributed by atoms with Crippen molar-refractivity contribution in [1.29, 1.82) is 0 Å². The molecule has 1 heterocycles. The zero-order chi connectivity index (χ0) is 17.1. The molecular weight excluding hydrogens is 296 g/mol. The van der Waals surface area contributed by atoms with Gasteiger partial charge in [0.05, 0.1) is 5.92 Å². The molecule has 0 unspecified atom stereocenters. The second kappa shape index (κ2) is 7.11. The summed E-state index contributed by atoms with van der Waals surface area (Å²) in [6.45, 7) is 9.15. The Morgan fingerprint density at radius 2 is 2.13 bits per heavy atom. The van der Waals surface area contributed by atoms with Gasteiger partial charge in [-0.3, -0.25) is 4.79 Å². The molecule has 0 saturated carbocycles. The Morgan fingerprint density at radius 1 is 1.43 bits per heavy atom. The van der Waals surface area contributed by atoms with E-state index in [9.17, 15) is 14.4 Å². The first-order chi connectivity index (χ1) is 10.8. The highest BCUT2D eigenvalue weighted by Gasteiger charge is 2.46. The average Bonchev–Trinajstić information content (AvgIpc) is 2.68. The Kier molecular flexibility index (Phi) is 5.39. The molecule has 2 rings (SSSR count). The number of ether oxygens (including phenoxy) is 2. The smallest absolute Gasteiger partial charge is 0.334 e. The minimum absolute atomic E-state index is 0.125. The predicted octanol–water partition coefficient (Wildman–Crippen LogP) is 2.74. The number of esters is 2. The largest absolute Gasteiger partial charge is 0.458 e.